The molecule has 1 aliphatic heterocycles. The van der Waals surface area contributed by atoms with Gasteiger partial charge in [-0.2, -0.15) is 0 Å². The Balaban J connectivity index is 1.89. The van der Waals surface area contributed by atoms with Crippen LogP contribution in [0, 0.1) is 20.8 Å². The van der Waals surface area contributed by atoms with Gasteiger partial charge in [0.2, 0.25) is 0 Å². The molecule has 0 N–H and O–H groups in total. The average Bonchev–Trinajstić information content (AvgIpc) is 3.27. The molecule has 1 atom stereocenters. The van der Waals surface area contributed by atoms with E-state index in [2.05, 4.69) is 30.3 Å². The minimum Gasteiger partial charge on any atom is -0.444 e. The fraction of sp³-hybridized carbons (Fsp3) is 0.458. The Morgan fingerprint density at radius 2 is 2.00 bits per heavy atom. The molecule has 2 aromatic heterocycles. The van der Waals surface area contributed by atoms with Gasteiger partial charge in [0.25, 0.3) is 0 Å². The summed E-state index contributed by atoms with van der Waals surface area (Å²) in [6.07, 6.45) is 1.52. The number of nitrogens with zero attached hydrogens (tertiary/aromatic N) is 3. The highest BCUT2D eigenvalue weighted by molar-refractivity contribution is 5.87. The zero-order chi connectivity index (χ0) is 21.6. The van der Waals surface area contributed by atoms with Crippen LogP contribution in [0.1, 0.15) is 62.2 Å². The summed E-state index contributed by atoms with van der Waals surface area (Å²) in [6.45, 7) is 12.3. The zero-order valence-electron chi connectivity index (χ0n) is 18.6. The number of fused-ring (bicyclic) bond motifs is 1. The Morgan fingerprint density at radius 1 is 1.23 bits per heavy atom. The van der Waals surface area contributed by atoms with E-state index < -0.39 is 5.60 Å². The lowest BCUT2D eigenvalue weighted by Crippen LogP contribution is -2.36. The van der Waals surface area contributed by atoms with Crippen LogP contribution >= 0.6 is 0 Å². The van der Waals surface area contributed by atoms with Crippen LogP contribution in [0.2, 0.25) is 0 Å². The van der Waals surface area contributed by atoms with Crippen LogP contribution in [0.4, 0.5) is 4.79 Å². The Kier molecular flexibility index (Phi) is 5.04. The number of hydrogen-bond acceptors (Lipinski definition) is 5. The zero-order valence-corrected chi connectivity index (χ0v) is 18.6. The Hall–Kier alpha value is -2.89. The largest absolute Gasteiger partial charge is 0.444 e. The van der Waals surface area contributed by atoms with Crippen molar-refractivity contribution in [2.45, 2.75) is 66.0 Å². The maximum absolute atomic E-state index is 12.9. The molecule has 158 valence electrons. The Labute approximate surface area is 177 Å². The van der Waals surface area contributed by atoms with Crippen molar-refractivity contribution in [2.75, 3.05) is 6.54 Å². The van der Waals surface area contributed by atoms with Crippen LogP contribution in [0.5, 0.6) is 0 Å². The van der Waals surface area contributed by atoms with E-state index in [4.69, 9.17) is 14.2 Å². The van der Waals surface area contributed by atoms with Crippen LogP contribution in [0.15, 0.2) is 28.8 Å². The van der Waals surface area contributed by atoms with Gasteiger partial charge in [0, 0.05) is 17.5 Å². The summed E-state index contributed by atoms with van der Waals surface area (Å²) in [6, 6.07) is 8.25. The molecule has 0 saturated carbocycles. The predicted octanol–water partition coefficient (Wildman–Crippen LogP) is 5.89. The molecule has 0 bridgehead atoms. The number of likely N-dealkylation sites (tertiary alicyclic amines) is 1. The van der Waals surface area contributed by atoms with Gasteiger partial charge in [0.1, 0.15) is 11.4 Å². The number of para-hydroxylation sites is 1. The quantitative estimate of drug-likeness (QED) is 0.530. The molecular weight excluding hydrogens is 378 g/mol. The van der Waals surface area contributed by atoms with Crippen molar-refractivity contribution < 1.29 is 14.1 Å². The molecule has 1 unspecified atom stereocenters. The van der Waals surface area contributed by atoms with Gasteiger partial charge in [-0.15, -0.1) is 0 Å². The minimum absolute atomic E-state index is 0.0963. The fourth-order valence-electron chi connectivity index (χ4n) is 4.27. The van der Waals surface area contributed by atoms with Gasteiger partial charge in [-0.25, -0.2) is 9.78 Å². The number of ether oxygens (including phenoxy) is 1. The smallest absolute Gasteiger partial charge is 0.410 e. The van der Waals surface area contributed by atoms with E-state index in [9.17, 15) is 4.79 Å². The molecule has 1 saturated heterocycles. The Bertz CT molecular complexity index is 1090. The van der Waals surface area contributed by atoms with Crippen molar-refractivity contribution in [3.63, 3.8) is 0 Å². The normalized spacial score (nSPS) is 17.0. The van der Waals surface area contributed by atoms with Crippen molar-refractivity contribution >= 4 is 17.0 Å². The molecule has 1 fully saturated rings. The summed E-state index contributed by atoms with van der Waals surface area (Å²) in [5.74, 6) is 0.732. The highest BCUT2D eigenvalue weighted by Gasteiger charge is 2.36. The van der Waals surface area contributed by atoms with Crippen molar-refractivity contribution in [3.8, 4) is 11.3 Å². The van der Waals surface area contributed by atoms with Crippen molar-refractivity contribution in [3.05, 3.63) is 46.8 Å². The topological polar surface area (TPSA) is 68.5 Å². The number of carbonyl (C=O) groups is 1. The first-order valence-electron chi connectivity index (χ1n) is 10.5. The monoisotopic (exact) mass is 407 g/mol. The lowest BCUT2D eigenvalue weighted by molar-refractivity contribution is 0.0225. The van der Waals surface area contributed by atoms with E-state index in [0.29, 0.717) is 6.54 Å². The molecule has 0 spiro atoms. The number of aryl methyl sites for hydroxylation is 3. The third-order valence-corrected chi connectivity index (χ3v) is 5.59. The van der Waals surface area contributed by atoms with Crippen molar-refractivity contribution in [1.29, 1.82) is 0 Å². The first kappa shape index (κ1) is 20.4. The van der Waals surface area contributed by atoms with Crippen LogP contribution in [-0.4, -0.2) is 33.3 Å². The highest BCUT2D eigenvalue weighted by Crippen LogP contribution is 2.41. The third kappa shape index (κ3) is 3.66. The summed E-state index contributed by atoms with van der Waals surface area (Å²) in [7, 11) is 0. The number of rotatable bonds is 2. The molecule has 30 heavy (non-hydrogen) atoms. The predicted molar refractivity (Wildman–Crippen MR) is 116 cm³/mol. The van der Waals surface area contributed by atoms with Gasteiger partial charge in [-0.3, -0.25) is 0 Å². The molecular formula is C24H29N3O3. The van der Waals surface area contributed by atoms with E-state index in [0.717, 1.165) is 57.6 Å². The minimum atomic E-state index is -0.534. The second kappa shape index (κ2) is 7.42. The lowest BCUT2D eigenvalue weighted by Gasteiger charge is -2.29. The molecule has 1 aromatic carbocycles. The second-order valence-electron chi connectivity index (χ2n) is 9.10. The number of hydrogen-bond donors (Lipinski definition) is 0. The first-order valence-corrected chi connectivity index (χ1v) is 10.5. The molecule has 6 nitrogen and oxygen atoms in total. The molecule has 4 rings (SSSR count). The van der Waals surface area contributed by atoms with E-state index in [1.54, 1.807) is 0 Å². The molecule has 3 heterocycles. The van der Waals surface area contributed by atoms with E-state index in [1.807, 2.05) is 45.6 Å². The van der Waals surface area contributed by atoms with Gasteiger partial charge in [-0.05, 0) is 66.0 Å². The van der Waals surface area contributed by atoms with Gasteiger partial charge in [0.05, 0.1) is 28.5 Å². The maximum atomic E-state index is 12.9. The standard InChI is InChI=1S/C24H29N3O3/c1-14-9-7-10-17-13-18(19-11-8-12-27(19)23(28)29-24(4,5)6)22(25-21(14)17)20-15(2)26-30-16(20)3/h7,9-10,13,19H,8,11-12H2,1-6H3. The summed E-state index contributed by atoms with van der Waals surface area (Å²) in [4.78, 5) is 19.9. The van der Waals surface area contributed by atoms with Gasteiger partial charge in [0.15, 0.2) is 0 Å². The SMILES string of the molecule is Cc1noc(C)c1-c1nc2c(C)cccc2cc1C1CCCN1C(=O)OC(C)(C)C. The number of pyridine rings is 1. The number of benzene rings is 1. The molecule has 1 aliphatic rings. The molecule has 6 heteroatoms. The number of carbonyl (C=O) groups excluding carboxylic acids is 1. The fourth-order valence-corrected chi connectivity index (χ4v) is 4.27. The van der Waals surface area contributed by atoms with Crippen LogP contribution in [-0.2, 0) is 4.74 Å². The van der Waals surface area contributed by atoms with Gasteiger partial charge in [-0.1, -0.05) is 23.4 Å². The van der Waals surface area contributed by atoms with E-state index >= 15 is 0 Å². The maximum Gasteiger partial charge on any atom is 0.410 e. The summed E-state index contributed by atoms with van der Waals surface area (Å²) < 4.78 is 11.1. The van der Waals surface area contributed by atoms with Crippen molar-refractivity contribution in [1.82, 2.24) is 15.0 Å². The van der Waals surface area contributed by atoms with E-state index in [1.165, 1.54) is 0 Å². The van der Waals surface area contributed by atoms with E-state index in [-0.39, 0.29) is 12.1 Å². The average molecular weight is 408 g/mol. The van der Waals surface area contributed by atoms with Crippen molar-refractivity contribution in [2.24, 2.45) is 0 Å². The summed E-state index contributed by atoms with van der Waals surface area (Å²) >= 11 is 0. The number of amides is 1. The van der Waals surface area contributed by atoms with Crippen LogP contribution in [0.25, 0.3) is 22.2 Å². The first-order chi connectivity index (χ1) is 14.2. The third-order valence-electron chi connectivity index (χ3n) is 5.59. The van der Waals surface area contributed by atoms with Crippen LogP contribution in [0.3, 0.4) is 0 Å². The lowest BCUT2D eigenvalue weighted by atomic mass is 9.95. The summed E-state index contributed by atoms with van der Waals surface area (Å²) in [5.41, 5.74) is 5.11. The highest BCUT2D eigenvalue weighted by atomic mass is 16.6. The molecule has 1 amide bonds. The summed E-state index contributed by atoms with van der Waals surface area (Å²) in [5, 5.41) is 5.21. The molecule has 0 radical (unpaired) electrons. The van der Waals surface area contributed by atoms with Gasteiger partial charge >= 0.3 is 6.09 Å². The molecule has 3 aromatic rings. The molecule has 0 aliphatic carbocycles. The van der Waals surface area contributed by atoms with Crippen LogP contribution < -0.4 is 0 Å². The number of aromatic nitrogens is 2. The second-order valence-corrected chi connectivity index (χ2v) is 9.10. The van der Waals surface area contributed by atoms with Gasteiger partial charge < -0.3 is 14.2 Å². The Morgan fingerprint density at radius 3 is 2.67 bits per heavy atom.